The molecule has 0 atom stereocenters. The Morgan fingerprint density at radius 2 is 1.85 bits per heavy atom. The molecule has 34 heavy (non-hydrogen) atoms. The lowest BCUT2D eigenvalue weighted by molar-refractivity contribution is 0.282. The smallest absolute Gasteiger partial charge is 0.258 e. The summed E-state index contributed by atoms with van der Waals surface area (Å²) in [5.74, 6) is 1.55. The number of benzene rings is 2. The maximum Gasteiger partial charge on any atom is 0.258 e. The number of methoxy groups -OCH3 is 1. The topological polar surface area (TPSA) is 44.1 Å². The second-order valence-corrected chi connectivity index (χ2v) is 10.7. The zero-order valence-electron chi connectivity index (χ0n) is 20.1. The fraction of sp³-hybridized carbons (Fsp3) is 0.379. The van der Waals surface area contributed by atoms with Gasteiger partial charge in [0.2, 0.25) is 0 Å². The minimum atomic E-state index is -0.106. The quantitative estimate of drug-likeness (QED) is 0.237. The second kappa shape index (κ2) is 9.46. The van der Waals surface area contributed by atoms with E-state index in [-0.39, 0.29) is 11.0 Å². The Morgan fingerprint density at radius 3 is 2.56 bits per heavy atom. The van der Waals surface area contributed by atoms with E-state index in [0.717, 1.165) is 63.9 Å². The molecule has 0 saturated heterocycles. The third-order valence-corrected chi connectivity index (χ3v) is 8.43. The van der Waals surface area contributed by atoms with Crippen LogP contribution in [0, 0.1) is 0 Å². The van der Waals surface area contributed by atoms with Gasteiger partial charge in [0.15, 0.2) is 5.16 Å². The highest BCUT2D eigenvalue weighted by Crippen LogP contribution is 2.48. The Balaban J connectivity index is 1.70. The number of rotatable bonds is 6. The lowest BCUT2D eigenvalue weighted by Gasteiger charge is -2.42. The van der Waals surface area contributed by atoms with Gasteiger partial charge in [-0.3, -0.25) is 9.36 Å². The molecule has 0 unspecified atom stereocenters. The van der Waals surface area contributed by atoms with E-state index in [4.69, 9.17) is 9.72 Å². The Bertz CT molecular complexity index is 1270. The summed E-state index contributed by atoms with van der Waals surface area (Å²) < 4.78 is 7.22. The highest BCUT2D eigenvalue weighted by molar-refractivity contribution is 7.99. The van der Waals surface area contributed by atoms with Crippen LogP contribution in [0.25, 0.3) is 11.3 Å². The van der Waals surface area contributed by atoms with Crippen molar-refractivity contribution >= 4 is 11.8 Å². The van der Waals surface area contributed by atoms with Crippen molar-refractivity contribution in [2.45, 2.75) is 62.6 Å². The molecule has 0 bridgehead atoms. The van der Waals surface area contributed by atoms with E-state index in [1.807, 2.05) is 35.8 Å². The first-order chi connectivity index (χ1) is 16.5. The average molecular weight is 473 g/mol. The monoisotopic (exact) mass is 472 g/mol. The summed E-state index contributed by atoms with van der Waals surface area (Å²) in [4.78, 5) is 19.6. The van der Waals surface area contributed by atoms with Crippen LogP contribution in [0.1, 0.15) is 55.7 Å². The first kappa shape index (κ1) is 23.0. The first-order valence-corrected chi connectivity index (χ1v) is 13.1. The van der Waals surface area contributed by atoms with E-state index >= 15 is 0 Å². The molecule has 3 aromatic rings. The lowest BCUT2D eigenvalue weighted by atomic mass is 9.62. The summed E-state index contributed by atoms with van der Waals surface area (Å²) in [6.07, 6.45) is 6.65. The Labute approximate surface area is 206 Å². The van der Waals surface area contributed by atoms with E-state index in [1.165, 1.54) is 24.8 Å². The maximum absolute atomic E-state index is 14.4. The molecule has 2 aliphatic carbocycles. The van der Waals surface area contributed by atoms with Gasteiger partial charge in [-0.25, -0.2) is 4.98 Å². The largest absolute Gasteiger partial charge is 0.497 e. The average Bonchev–Trinajstić information content (AvgIpc) is 2.85. The third kappa shape index (κ3) is 4.22. The molecule has 0 amide bonds. The van der Waals surface area contributed by atoms with Crippen molar-refractivity contribution in [3.8, 4) is 17.0 Å². The van der Waals surface area contributed by atoms with Crippen molar-refractivity contribution in [3.63, 3.8) is 0 Å². The first-order valence-electron chi connectivity index (χ1n) is 12.1. The van der Waals surface area contributed by atoms with Gasteiger partial charge < -0.3 is 4.74 Å². The molecule has 1 heterocycles. The standard InChI is InChI=1S/C29H32N2O2S/c1-20(2)19-34-28-30-26-24-10-6-5-9-22(24)17-29(15-7-4-8-16-29)25(26)27(32)31(28)18-21-11-13-23(33-3)14-12-21/h5-6,9-14H,1,4,7-8,15-19H2,2-3H3. The van der Waals surface area contributed by atoms with Crippen molar-refractivity contribution in [3.05, 3.63) is 87.7 Å². The minimum Gasteiger partial charge on any atom is -0.497 e. The molecule has 0 N–H and O–H groups in total. The van der Waals surface area contributed by atoms with Gasteiger partial charge >= 0.3 is 0 Å². The fourth-order valence-corrected chi connectivity index (χ4v) is 6.41. The summed E-state index contributed by atoms with van der Waals surface area (Å²) in [5, 5.41) is 0.769. The molecule has 2 aromatic carbocycles. The van der Waals surface area contributed by atoms with Crippen molar-refractivity contribution in [2.24, 2.45) is 0 Å². The van der Waals surface area contributed by atoms with Crippen LogP contribution in [-0.2, 0) is 18.4 Å². The number of hydrogen-bond acceptors (Lipinski definition) is 4. The molecule has 5 heteroatoms. The van der Waals surface area contributed by atoms with Crippen molar-refractivity contribution < 1.29 is 4.74 Å². The van der Waals surface area contributed by atoms with Gasteiger partial charge in [0.05, 0.1) is 24.9 Å². The lowest BCUT2D eigenvalue weighted by Crippen LogP contribution is -2.43. The van der Waals surface area contributed by atoms with Crippen molar-refractivity contribution in [1.29, 1.82) is 0 Å². The fourth-order valence-electron chi connectivity index (χ4n) is 5.57. The SMILES string of the molecule is C=C(C)CSc1nc2c(c(=O)n1Cc1ccc(OC)cc1)C1(CCCCC1)Cc1ccccc1-2. The number of thioether (sulfide) groups is 1. The van der Waals surface area contributed by atoms with E-state index in [9.17, 15) is 4.79 Å². The van der Waals surface area contributed by atoms with Gasteiger partial charge in [0.1, 0.15) is 5.75 Å². The van der Waals surface area contributed by atoms with Crippen LogP contribution in [0.3, 0.4) is 0 Å². The van der Waals surface area contributed by atoms with E-state index in [0.29, 0.717) is 6.54 Å². The van der Waals surface area contributed by atoms with Crippen LogP contribution in [0.2, 0.25) is 0 Å². The molecule has 4 nitrogen and oxygen atoms in total. The van der Waals surface area contributed by atoms with Crippen LogP contribution >= 0.6 is 11.8 Å². The molecule has 1 spiro atoms. The molecule has 0 aliphatic heterocycles. The molecule has 176 valence electrons. The molecule has 0 radical (unpaired) electrons. The molecule has 2 aliphatic rings. The summed E-state index contributed by atoms with van der Waals surface area (Å²) >= 11 is 1.61. The van der Waals surface area contributed by atoms with E-state index in [1.54, 1.807) is 18.9 Å². The van der Waals surface area contributed by atoms with Gasteiger partial charge in [-0.2, -0.15) is 0 Å². The van der Waals surface area contributed by atoms with Gasteiger partial charge in [-0.15, -0.1) is 0 Å². The van der Waals surface area contributed by atoms with Gasteiger partial charge in [-0.05, 0) is 49.4 Å². The summed E-state index contributed by atoms with van der Waals surface area (Å²) in [7, 11) is 1.67. The summed E-state index contributed by atoms with van der Waals surface area (Å²) in [6, 6.07) is 16.5. The second-order valence-electron chi connectivity index (χ2n) is 9.78. The highest BCUT2D eigenvalue weighted by atomic mass is 32.2. The van der Waals surface area contributed by atoms with E-state index in [2.05, 4.69) is 30.8 Å². The molecular formula is C29H32N2O2S. The van der Waals surface area contributed by atoms with E-state index < -0.39 is 0 Å². The van der Waals surface area contributed by atoms with Crippen LogP contribution in [0.15, 0.2) is 70.6 Å². The van der Waals surface area contributed by atoms with Gasteiger partial charge in [0, 0.05) is 16.7 Å². The van der Waals surface area contributed by atoms with Crippen molar-refractivity contribution in [2.75, 3.05) is 12.9 Å². The molecular weight excluding hydrogens is 440 g/mol. The number of fused-ring (bicyclic) bond motifs is 4. The predicted octanol–water partition coefficient (Wildman–Crippen LogP) is 6.39. The number of aromatic nitrogens is 2. The van der Waals surface area contributed by atoms with Crippen LogP contribution in [0.4, 0.5) is 0 Å². The predicted molar refractivity (Wildman–Crippen MR) is 140 cm³/mol. The normalized spacial score (nSPS) is 16.1. The highest BCUT2D eigenvalue weighted by Gasteiger charge is 2.43. The summed E-state index contributed by atoms with van der Waals surface area (Å²) in [6.45, 7) is 6.58. The number of hydrogen-bond donors (Lipinski definition) is 0. The zero-order chi connectivity index (χ0) is 23.7. The van der Waals surface area contributed by atoms with Crippen LogP contribution in [0.5, 0.6) is 5.75 Å². The molecule has 1 fully saturated rings. The molecule has 1 saturated carbocycles. The molecule has 5 rings (SSSR count). The third-order valence-electron chi connectivity index (χ3n) is 7.22. The summed E-state index contributed by atoms with van der Waals surface area (Å²) in [5.41, 5.74) is 6.45. The Hall–Kier alpha value is -2.79. The number of nitrogens with zero attached hydrogens (tertiary/aromatic N) is 2. The minimum absolute atomic E-state index is 0.106. The maximum atomic E-state index is 14.4. The molecule has 1 aromatic heterocycles. The van der Waals surface area contributed by atoms with Gasteiger partial charge in [-0.1, -0.05) is 79.6 Å². The van der Waals surface area contributed by atoms with Crippen molar-refractivity contribution in [1.82, 2.24) is 9.55 Å². The van der Waals surface area contributed by atoms with Gasteiger partial charge in [0.25, 0.3) is 5.56 Å². The van der Waals surface area contributed by atoms with Crippen LogP contribution in [-0.4, -0.2) is 22.4 Å². The number of ether oxygens (including phenoxy) is 1. The Morgan fingerprint density at radius 1 is 1.12 bits per heavy atom. The zero-order valence-corrected chi connectivity index (χ0v) is 20.9. The van der Waals surface area contributed by atoms with Crippen LogP contribution < -0.4 is 10.3 Å². The Kier molecular flexibility index (Phi) is 6.39.